The van der Waals surface area contributed by atoms with Gasteiger partial charge in [0.25, 0.3) is 0 Å². The molecule has 4 rings (SSSR count). The van der Waals surface area contributed by atoms with Crippen LogP contribution in [0.2, 0.25) is 10.0 Å². The molecular formula is C30H36Cl2FN3O3S. The summed E-state index contributed by atoms with van der Waals surface area (Å²) in [4.78, 5) is 33.8. The second kappa shape index (κ2) is 16.4. The van der Waals surface area contributed by atoms with Crippen LogP contribution in [0.4, 0.5) is 15.8 Å². The van der Waals surface area contributed by atoms with Crippen LogP contribution in [-0.4, -0.2) is 30.2 Å². The van der Waals surface area contributed by atoms with Crippen LogP contribution in [-0.2, 0) is 9.59 Å². The van der Waals surface area contributed by atoms with Gasteiger partial charge in [-0.25, -0.2) is 4.39 Å². The van der Waals surface area contributed by atoms with Crippen molar-refractivity contribution in [3.63, 3.8) is 0 Å². The number of carbonyl (C=O) groups is 3. The third-order valence-corrected chi connectivity index (χ3v) is 6.76. The Balaban J connectivity index is 0.000000451. The molecule has 3 aromatic carbocycles. The molecule has 2 unspecified atom stereocenters. The topological polar surface area (TPSA) is 87.3 Å². The fourth-order valence-electron chi connectivity index (χ4n) is 4.37. The molecule has 10 heteroatoms. The SMILES string of the molecule is CC.CC(=O)c1ccc(NC=O)cc1.CC1(C)NCC(c2cccc(Cl)c2F)C1C(=O)Nc1cccc(Cl)c1.S. The molecule has 0 spiro atoms. The molecular weight excluding hydrogens is 572 g/mol. The van der Waals surface area contributed by atoms with Crippen molar-refractivity contribution in [2.75, 3.05) is 17.2 Å². The van der Waals surface area contributed by atoms with Crippen molar-refractivity contribution in [1.29, 1.82) is 0 Å². The lowest BCUT2D eigenvalue weighted by molar-refractivity contribution is -0.121. The zero-order valence-corrected chi connectivity index (χ0v) is 25.7. The van der Waals surface area contributed by atoms with E-state index < -0.39 is 17.3 Å². The molecule has 2 amide bonds. The molecule has 1 aliphatic heterocycles. The molecule has 1 fully saturated rings. The summed E-state index contributed by atoms with van der Waals surface area (Å²) >= 11 is 11.9. The van der Waals surface area contributed by atoms with Crippen LogP contribution in [0.25, 0.3) is 0 Å². The molecule has 1 heterocycles. The van der Waals surface area contributed by atoms with E-state index in [9.17, 15) is 18.8 Å². The Morgan fingerprint density at radius 2 is 1.62 bits per heavy atom. The number of anilines is 2. The van der Waals surface area contributed by atoms with Gasteiger partial charge in [-0.05, 0) is 74.9 Å². The van der Waals surface area contributed by atoms with Crippen molar-refractivity contribution in [3.8, 4) is 0 Å². The molecule has 6 nitrogen and oxygen atoms in total. The van der Waals surface area contributed by atoms with Crippen LogP contribution >= 0.6 is 36.7 Å². The highest BCUT2D eigenvalue weighted by Gasteiger charge is 2.47. The van der Waals surface area contributed by atoms with Gasteiger partial charge in [-0.15, -0.1) is 0 Å². The molecule has 3 aromatic rings. The summed E-state index contributed by atoms with van der Waals surface area (Å²) in [6.07, 6.45) is 0.600. The molecule has 0 aliphatic carbocycles. The van der Waals surface area contributed by atoms with Gasteiger partial charge in [0, 0.05) is 40.0 Å². The molecule has 2 atom stereocenters. The molecule has 1 aliphatic rings. The highest BCUT2D eigenvalue weighted by Crippen LogP contribution is 2.40. The van der Waals surface area contributed by atoms with E-state index in [1.165, 1.54) is 13.0 Å². The van der Waals surface area contributed by atoms with E-state index in [4.69, 9.17) is 23.2 Å². The van der Waals surface area contributed by atoms with Crippen molar-refractivity contribution in [3.05, 3.63) is 93.7 Å². The second-order valence-electron chi connectivity index (χ2n) is 9.23. The van der Waals surface area contributed by atoms with Crippen molar-refractivity contribution < 1.29 is 18.8 Å². The van der Waals surface area contributed by atoms with E-state index in [1.807, 2.05) is 27.7 Å². The standard InChI is InChI=1S/C19H19Cl2FN2O.C9H9NO2.C2H6.H2S/c1-19(2)16(18(25)24-12-6-3-5-11(20)9-12)14(10-23-19)13-7-4-8-15(21)17(13)22;1-7(12)8-2-4-9(5-3-8)10-6-11;1-2;/h3-9,14,16,23H,10H2,1-2H3,(H,24,25);2-6H,1H3,(H,10,11);1-2H3;1H2. The van der Waals surface area contributed by atoms with E-state index >= 15 is 0 Å². The lowest BCUT2D eigenvalue weighted by Crippen LogP contribution is -2.44. The summed E-state index contributed by atoms with van der Waals surface area (Å²) in [6.45, 7) is 9.88. The molecule has 216 valence electrons. The number of benzene rings is 3. The first-order valence-corrected chi connectivity index (χ1v) is 13.4. The third kappa shape index (κ3) is 9.34. The van der Waals surface area contributed by atoms with Gasteiger partial charge in [0.15, 0.2) is 5.78 Å². The molecule has 0 saturated carbocycles. The van der Waals surface area contributed by atoms with Crippen molar-refractivity contribution in [2.45, 2.75) is 46.1 Å². The summed E-state index contributed by atoms with van der Waals surface area (Å²) in [6, 6.07) is 18.6. The van der Waals surface area contributed by atoms with Crippen molar-refractivity contribution in [1.82, 2.24) is 5.32 Å². The predicted octanol–water partition coefficient (Wildman–Crippen LogP) is 7.45. The van der Waals surface area contributed by atoms with E-state index in [1.54, 1.807) is 60.7 Å². The molecule has 40 heavy (non-hydrogen) atoms. The fraction of sp³-hybridized carbons (Fsp3) is 0.300. The maximum atomic E-state index is 14.5. The lowest BCUT2D eigenvalue weighted by Gasteiger charge is -2.29. The molecule has 1 saturated heterocycles. The molecule has 0 radical (unpaired) electrons. The van der Waals surface area contributed by atoms with Crippen LogP contribution in [0, 0.1) is 11.7 Å². The van der Waals surface area contributed by atoms with Crippen LogP contribution in [0.1, 0.15) is 56.5 Å². The Kier molecular flexibility index (Phi) is 14.4. The van der Waals surface area contributed by atoms with Crippen LogP contribution in [0.15, 0.2) is 66.7 Å². The summed E-state index contributed by atoms with van der Waals surface area (Å²) in [5.41, 5.74) is 1.92. The minimum absolute atomic E-state index is 0. The van der Waals surface area contributed by atoms with Gasteiger partial charge >= 0.3 is 0 Å². The van der Waals surface area contributed by atoms with Crippen LogP contribution < -0.4 is 16.0 Å². The second-order valence-corrected chi connectivity index (χ2v) is 10.1. The zero-order chi connectivity index (χ0) is 29.2. The highest BCUT2D eigenvalue weighted by atomic mass is 35.5. The van der Waals surface area contributed by atoms with E-state index in [2.05, 4.69) is 16.0 Å². The maximum absolute atomic E-state index is 14.5. The lowest BCUT2D eigenvalue weighted by atomic mass is 9.78. The number of rotatable bonds is 6. The number of amides is 2. The number of hydrogen-bond acceptors (Lipinski definition) is 4. The highest BCUT2D eigenvalue weighted by molar-refractivity contribution is 7.59. The van der Waals surface area contributed by atoms with Crippen molar-refractivity contribution >= 4 is 66.2 Å². The summed E-state index contributed by atoms with van der Waals surface area (Å²) in [5, 5.41) is 9.31. The maximum Gasteiger partial charge on any atom is 0.230 e. The first-order chi connectivity index (χ1) is 18.5. The number of ketones is 1. The average molecular weight is 609 g/mol. The Hall–Kier alpha value is -2.91. The van der Waals surface area contributed by atoms with Crippen LogP contribution in [0.5, 0.6) is 0 Å². The minimum atomic E-state index is -0.484. The van der Waals surface area contributed by atoms with Gasteiger partial charge in [0.2, 0.25) is 12.3 Å². The quantitative estimate of drug-likeness (QED) is 0.200. The monoisotopic (exact) mass is 607 g/mol. The summed E-state index contributed by atoms with van der Waals surface area (Å²) < 4.78 is 14.5. The van der Waals surface area contributed by atoms with E-state index in [-0.39, 0.29) is 36.1 Å². The first-order valence-electron chi connectivity index (χ1n) is 12.6. The van der Waals surface area contributed by atoms with Gasteiger partial charge in [0.05, 0.1) is 10.9 Å². The largest absolute Gasteiger partial charge is 0.329 e. The Bertz CT molecular complexity index is 1290. The predicted molar refractivity (Wildman–Crippen MR) is 168 cm³/mol. The van der Waals surface area contributed by atoms with Crippen LogP contribution in [0.3, 0.4) is 0 Å². The summed E-state index contributed by atoms with van der Waals surface area (Å²) in [7, 11) is 0. The van der Waals surface area contributed by atoms with E-state index in [0.29, 0.717) is 40.5 Å². The molecule has 0 bridgehead atoms. The zero-order valence-electron chi connectivity index (χ0n) is 23.1. The fourth-order valence-corrected chi connectivity index (χ4v) is 4.74. The Labute approximate surface area is 252 Å². The third-order valence-electron chi connectivity index (χ3n) is 6.23. The van der Waals surface area contributed by atoms with E-state index in [0.717, 1.165) is 0 Å². The molecule has 0 aromatic heterocycles. The smallest absolute Gasteiger partial charge is 0.230 e. The number of nitrogens with one attached hydrogen (secondary N) is 3. The number of hydrogen-bond donors (Lipinski definition) is 3. The Morgan fingerprint density at radius 3 is 2.20 bits per heavy atom. The first kappa shape index (κ1) is 35.1. The van der Waals surface area contributed by atoms with Gasteiger partial charge in [-0.1, -0.05) is 55.2 Å². The number of carbonyl (C=O) groups excluding carboxylic acids is 3. The Morgan fingerprint density at radius 1 is 1.00 bits per heavy atom. The number of Topliss-reactive ketones (excluding diaryl/α,β-unsaturated/α-hetero) is 1. The summed E-state index contributed by atoms with van der Waals surface area (Å²) in [5.74, 6) is -1.39. The van der Waals surface area contributed by atoms with Gasteiger partial charge < -0.3 is 16.0 Å². The normalized spacial score (nSPS) is 16.6. The average Bonchev–Trinajstić information content (AvgIpc) is 3.22. The van der Waals surface area contributed by atoms with Gasteiger partial charge in [0.1, 0.15) is 5.82 Å². The van der Waals surface area contributed by atoms with Gasteiger partial charge in [-0.3, -0.25) is 14.4 Å². The molecule has 3 N–H and O–H groups in total. The minimum Gasteiger partial charge on any atom is -0.329 e. The van der Waals surface area contributed by atoms with Gasteiger partial charge in [-0.2, -0.15) is 13.5 Å². The van der Waals surface area contributed by atoms with Crippen molar-refractivity contribution in [2.24, 2.45) is 5.92 Å². The number of halogens is 3.